The lowest BCUT2D eigenvalue weighted by molar-refractivity contribution is -0.122. The molecule has 0 bridgehead atoms. The molecule has 1 amide bonds. The van der Waals surface area contributed by atoms with Gasteiger partial charge in [0.05, 0.1) is 6.61 Å². The smallest absolute Gasteiger partial charge is 0.242 e. The number of ether oxygens (including phenoxy) is 1. The quantitative estimate of drug-likeness (QED) is 0.761. The zero-order valence-electron chi connectivity index (χ0n) is 14.1. The minimum absolute atomic E-state index is 0.00448. The van der Waals surface area contributed by atoms with Crippen molar-refractivity contribution in [2.24, 2.45) is 0 Å². The van der Waals surface area contributed by atoms with Gasteiger partial charge in [-0.05, 0) is 30.5 Å². The number of hydrogen-bond acceptors (Lipinski definition) is 6. The molecule has 1 N–H and O–H groups in total. The molecule has 134 valence electrons. The van der Waals surface area contributed by atoms with Crippen LogP contribution in [0, 0.1) is 5.82 Å². The van der Waals surface area contributed by atoms with Crippen molar-refractivity contribution < 1.29 is 13.9 Å². The fraction of sp³-hybridized carbons (Fsp3) is 0.471. The fourth-order valence-corrected chi connectivity index (χ4v) is 3.64. The van der Waals surface area contributed by atoms with E-state index in [0.29, 0.717) is 25.4 Å². The first-order chi connectivity index (χ1) is 12.2. The fourth-order valence-electron chi connectivity index (χ4n) is 2.88. The highest BCUT2D eigenvalue weighted by atomic mass is 32.1. The van der Waals surface area contributed by atoms with Gasteiger partial charge in [0.25, 0.3) is 0 Å². The normalized spacial score (nSPS) is 17.0. The van der Waals surface area contributed by atoms with Crippen LogP contribution in [0.3, 0.4) is 0 Å². The van der Waals surface area contributed by atoms with Gasteiger partial charge < -0.3 is 15.0 Å². The van der Waals surface area contributed by atoms with E-state index in [1.807, 2.05) is 4.90 Å². The van der Waals surface area contributed by atoms with E-state index in [2.05, 4.69) is 14.7 Å². The number of carbonyl (C=O) groups excluding carboxylic acids is 1. The number of benzene rings is 1. The highest BCUT2D eigenvalue weighted by Gasteiger charge is 2.32. The lowest BCUT2D eigenvalue weighted by atomic mass is 10.1. The monoisotopic (exact) mass is 364 g/mol. The van der Waals surface area contributed by atoms with E-state index in [0.717, 1.165) is 30.1 Å². The van der Waals surface area contributed by atoms with Crippen LogP contribution in [0.25, 0.3) is 0 Å². The van der Waals surface area contributed by atoms with Gasteiger partial charge in [0.1, 0.15) is 17.7 Å². The molecule has 1 atom stereocenters. The van der Waals surface area contributed by atoms with Crippen molar-refractivity contribution in [3.8, 4) is 0 Å². The first kappa shape index (κ1) is 17.8. The highest BCUT2D eigenvalue weighted by Crippen LogP contribution is 2.27. The van der Waals surface area contributed by atoms with Gasteiger partial charge in [-0.1, -0.05) is 12.1 Å². The number of amides is 1. The number of anilines is 1. The minimum atomic E-state index is -0.255. The molecule has 0 radical (unpaired) electrons. The van der Waals surface area contributed by atoms with Crippen LogP contribution in [0.1, 0.15) is 24.2 Å². The number of methoxy groups -OCH3 is 1. The summed E-state index contributed by atoms with van der Waals surface area (Å²) in [5.74, 6) is 0.442. The Balaban J connectivity index is 1.64. The molecule has 8 heteroatoms. The molecule has 1 aromatic carbocycles. The van der Waals surface area contributed by atoms with Gasteiger partial charge in [0, 0.05) is 38.2 Å². The van der Waals surface area contributed by atoms with Crippen molar-refractivity contribution in [2.45, 2.75) is 25.3 Å². The maximum atomic E-state index is 13.0. The number of nitrogens with zero attached hydrogens (tertiary/aromatic N) is 3. The van der Waals surface area contributed by atoms with Crippen molar-refractivity contribution in [3.63, 3.8) is 0 Å². The molecule has 1 unspecified atom stereocenters. The molecule has 1 aliphatic rings. The Morgan fingerprint density at radius 2 is 2.24 bits per heavy atom. The van der Waals surface area contributed by atoms with E-state index in [1.165, 1.54) is 23.7 Å². The molecular formula is C17H21FN4O2S. The van der Waals surface area contributed by atoms with Crippen molar-refractivity contribution >= 4 is 22.6 Å². The lowest BCUT2D eigenvalue weighted by Crippen LogP contribution is -2.44. The minimum Gasteiger partial charge on any atom is -0.383 e. The van der Waals surface area contributed by atoms with Gasteiger partial charge in [0.15, 0.2) is 0 Å². The van der Waals surface area contributed by atoms with E-state index in [1.54, 1.807) is 19.2 Å². The first-order valence-electron chi connectivity index (χ1n) is 8.27. The van der Waals surface area contributed by atoms with Gasteiger partial charge in [-0.25, -0.2) is 9.37 Å². The maximum Gasteiger partial charge on any atom is 0.242 e. The Hall–Kier alpha value is -2.06. The molecule has 0 aliphatic carbocycles. The van der Waals surface area contributed by atoms with Crippen LogP contribution in [-0.2, 0) is 16.0 Å². The van der Waals surface area contributed by atoms with Crippen molar-refractivity contribution in [1.82, 2.24) is 14.7 Å². The second-order valence-corrected chi connectivity index (χ2v) is 6.66. The van der Waals surface area contributed by atoms with Crippen LogP contribution in [0.5, 0.6) is 0 Å². The molecule has 0 spiro atoms. The molecule has 1 fully saturated rings. The summed E-state index contributed by atoms with van der Waals surface area (Å²) in [5.41, 5.74) is 0.959. The predicted molar refractivity (Wildman–Crippen MR) is 94.4 cm³/mol. The summed E-state index contributed by atoms with van der Waals surface area (Å²) < 4.78 is 22.3. The second kappa shape index (κ2) is 8.35. The Labute approximate surface area is 150 Å². The van der Waals surface area contributed by atoms with E-state index < -0.39 is 0 Å². The van der Waals surface area contributed by atoms with E-state index >= 15 is 0 Å². The van der Waals surface area contributed by atoms with E-state index in [9.17, 15) is 9.18 Å². The zero-order chi connectivity index (χ0) is 17.6. The van der Waals surface area contributed by atoms with Crippen LogP contribution in [0.15, 0.2) is 24.3 Å². The van der Waals surface area contributed by atoms with Gasteiger partial charge in [-0.2, -0.15) is 4.37 Å². The number of aromatic nitrogens is 2. The number of nitrogens with one attached hydrogen (secondary N) is 1. The Morgan fingerprint density at radius 3 is 3.00 bits per heavy atom. The molecule has 0 saturated carbocycles. The Kier molecular flexibility index (Phi) is 5.93. The van der Waals surface area contributed by atoms with Crippen molar-refractivity contribution in [1.29, 1.82) is 0 Å². The molecule has 2 aromatic rings. The number of rotatable bonds is 7. The SMILES string of the molecule is COCCNC(=O)C1CCCN1c1nc(Cc2ccc(F)cc2)ns1. The third kappa shape index (κ3) is 4.52. The summed E-state index contributed by atoms with van der Waals surface area (Å²) in [6.07, 6.45) is 2.32. The van der Waals surface area contributed by atoms with Crippen molar-refractivity contribution in [2.75, 3.05) is 31.7 Å². The molecule has 1 aliphatic heterocycles. The van der Waals surface area contributed by atoms with Gasteiger partial charge in [-0.3, -0.25) is 4.79 Å². The lowest BCUT2D eigenvalue weighted by Gasteiger charge is -2.22. The summed E-state index contributed by atoms with van der Waals surface area (Å²) >= 11 is 1.30. The Bertz CT molecular complexity index is 707. The third-order valence-corrected chi connectivity index (χ3v) is 4.93. The number of carbonyl (C=O) groups is 1. The van der Waals surface area contributed by atoms with Crippen LogP contribution < -0.4 is 10.2 Å². The average molecular weight is 364 g/mol. The molecule has 2 heterocycles. The predicted octanol–water partition coefficient (Wildman–Crippen LogP) is 2.00. The van der Waals surface area contributed by atoms with Crippen molar-refractivity contribution in [3.05, 3.63) is 41.5 Å². The molecule has 1 aromatic heterocycles. The van der Waals surface area contributed by atoms with Gasteiger partial charge in [-0.15, -0.1) is 0 Å². The molecule has 25 heavy (non-hydrogen) atoms. The largest absolute Gasteiger partial charge is 0.383 e. The van der Waals surface area contributed by atoms with Gasteiger partial charge in [0.2, 0.25) is 11.0 Å². The topological polar surface area (TPSA) is 67.3 Å². The van der Waals surface area contributed by atoms with Crippen LogP contribution in [-0.4, -0.2) is 48.1 Å². The second-order valence-electron chi connectivity index (χ2n) is 5.93. The Morgan fingerprint density at radius 1 is 1.44 bits per heavy atom. The molecule has 1 saturated heterocycles. The number of hydrogen-bond donors (Lipinski definition) is 1. The van der Waals surface area contributed by atoms with Crippen LogP contribution in [0.4, 0.5) is 9.52 Å². The van der Waals surface area contributed by atoms with E-state index in [4.69, 9.17) is 4.74 Å². The summed E-state index contributed by atoms with van der Waals surface area (Å²) in [6.45, 7) is 1.80. The molecule has 6 nitrogen and oxygen atoms in total. The highest BCUT2D eigenvalue weighted by molar-refractivity contribution is 7.09. The van der Waals surface area contributed by atoms with Gasteiger partial charge >= 0.3 is 0 Å². The van der Waals surface area contributed by atoms with E-state index in [-0.39, 0.29) is 17.8 Å². The average Bonchev–Trinajstić information content (AvgIpc) is 3.26. The summed E-state index contributed by atoms with van der Waals surface area (Å²) in [5, 5.41) is 3.66. The zero-order valence-corrected chi connectivity index (χ0v) is 14.9. The maximum absolute atomic E-state index is 13.0. The number of halogens is 1. The van der Waals surface area contributed by atoms with Crippen LogP contribution >= 0.6 is 11.5 Å². The van der Waals surface area contributed by atoms with Crippen LogP contribution in [0.2, 0.25) is 0 Å². The summed E-state index contributed by atoms with van der Waals surface area (Å²) in [4.78, 5) is 18.9. The molecular weight excluding hydrogens is 343 g/mol. The summed E-state index contributed by atoms with van der Waals surface area (Å²) in [6, 6.07) is 6.13. The third-order valence-electron chi connectivity index (χ3n) is 4.14. The standard InChI is InChI=1S/C17H21FN4O2S/c1-24-10-8-19-16(23)14-3-2-9-22(14)17-20-15(21-25-17)11-12-4-6-13(18)7-5-12/h4-7,14H,2-3,8-11H2,1H3,(H,19,23). The molecule has 3 rings (SSSR count). The summed E-state index contributed by atoms with van der Waals surface area (Å²) in [7, 11) is 1.61. The first-order valence-corrected chi connectivity index (χ1v) is 9.05.